The van der Waals surface area contributed by atoms with Crippen LogP contribution in [0, 0.1) is 6.92 Å². The number of benzene rings is 1. The summed E-state index contributed by atoms with van der Waals surface area (Å²) in [6.45, 7) is 1.67. The molecule has 3 rings (SSSR count). The van der Waals surface area contributed by atoms with Gasteiger partial charge < -0.3 is 5.11 Å². The van der Waals surface area contributed by atoms with E-state index < -0.39 is 5.97 Å². The van der Waals surface area contributed by atoms with Crippen molar-refractivity contribution in [3.63, 3.8) is 0 Å². The molecule has 0 saturated heterocycles. The fourth-order valence-corrected chi connectivity index (χ4v) is 2.16. The van der Waals surface area contributed by atoms with Crippen molar-refractivity contribution >= 4 is 11.7 Å². The molecule has 0 radical (unpaired) electrons. The number of hydrogen-bond acceptors (Lipinski definition) is 3. The molecule has 0 amide bonds. The highest BCUT2D eigenvalue weighted by Crippen LogP contribution is 2.20. The fraction of sp³-hybridized carbons (Fsp3) is 0.154. The largest absolute Gasteiger partial charge is 0.476 e. The third kappa shape index (κ3) is 1.61. The number of carboxylic acids is 1. The van der Waals surface area contributed by atoms with Gasteiger partial charge in [0.05, 0.1) is 5.69 Å². The summed E-state index contributed by atoms with van der Waals surface area (Å²) in [6.07, 6.45) is 0. The van der Waals surface area contributed by atoms with Crippen LogP contribution in [0.3, 0.4) is 0 Å². The zero-order chi connectivity index (χ0) is 13.6. The fourth-order valence-electron chi connectivity index (χ4n) is 2.16. The summed E-state index contributed by atoms with van der Waals surface area (Å²) in [5.74, 6) is 0.182. The maximum absolute atomic E-state index is 11.2. The molecule has 1 aromatic carbocycles. The van der Waals surface area contributed by atoms with Crippen molar-refractivity contribution < 1.29 is 9.90 Å². The Bertz CT molecular complexity index is 771. The van der Waals surface area contributed by atoms with E-state index in [-0.39, 0.29) is 5.69 Å². The predicted molar refractivity (Wildman–Crippen MR) is 69.1 cm³/mol. The molecule has 0 aliphatic heterocycles. The molecule has 19 heavy (non-hydrogen) atoms. The van der Waals surface area contributed by atoms with Crippen molar-refractivity contribution in [1.82, 2.24) is 19.2 Å². The van der Waals surface area contributed by atoms with Gasteiger partial charge in [-0.25, -0.2) is 9.78 Å². The van der Waals surface area contributed by atoms with Gasteiger partial charge in [0.1, 0.15) is 0 Å². The third-order valence-corrected chi connectivity index (χ3v) is 3.06. The molecule has 0 saturated carbocycles. The molecule has 0 unspecified atom stereocenters. The summed E-state index contributed by atoms with van der Waals surface area (Å²) >= 11 is 0. The van der Waals surface area contributed by atoms with Crippen LogP contribution >= 0.6 is 0 Å². The van der Waals surface area contributed by atoms with Gasteiger partial charge in [0.25, 0.3) is 0 Å². The van der Waals surface area contributed by atoms with E-state index in [2.05, 4.69) is 10.1 Å². The van der Waals surface area contributed by atoms with Crippen LogP contribution in [0.1, 0.15) is 16.2 Å². The summed E-state index contributed by atoms with van der Waals surface area (Å²) in [6, 6.07) is 9.60. The lowest BCUT2D eigenvalue weighted by atomic mass is 10.2. The van der Waals surface area contributed by atoms with Gasteiger partial charge in [-0.2, -0.15) is 4.52 Å². The molecule has 0 aliphatic rings. The molecular weight excluding hydrogens is 244 g/mol. The number of hydrogen-bond donors (Lipinski definition) is 1. The van der Waals surface area contributed by atoms with E-state index >= 15 is 0 Å². The normalized spacial score (nSPS) is 11.1. The lowest BCUT2D eigenvalue weighted by Gasteiger charge is -1.99. The standard InChI is InChI=1S/C13H12N4O2/c1-8-10(12(18)19)17-13(14-8)16(2)11(15-17)9-6-4-3-5-7-9/h3-7H,1-2H3,(H,18,19). The number of fused-ring (bicyclic) bond motifs is 1. The van der Waals surface area contributed by atoms with Crippen molar-refractivity contribution in [2.24, 2.45) is 7.05 Å². The first-order valence-electron chi connectivity index (χ1n) is 5.80. The van der Waals surface area contributed by atoms with Gasteiger partial charge in [0, 0.05) is 12.6 Å². The number of nitrogens with zero attached hydrogens (tertiary/aromatic N) is 4. The summed E-state index contributed by atoms with van der Waals surface area (Å²) in [4.78, 5) is 15.5. The number of rotatable bonds is 2. The van der Waals surface area contributed by atoms with E-state index in [1.165, 1.54) is 4.52 Å². The first-order valence-corrected chi connectivity index (χ1v) is 5.80. The van der Waals surface area contributed by atoms with Crippen LogP contribution in [0.15, 0.2) is 30.3 Å². The van der Waals surface area contributed by atoms with Gasteiger partial charge in [-0.05, 0) is 6.92 Å². The van der Waals surface area contributed by atoms with Crippen molar-refractivity contribution in [2.75, 3.05) is 0 Å². The Labute approximate surface area is 108 Å². The van der Waals surface area contributed by atoms with Gasteiger partial charge in [-0.15, -0.1) is 5.10 Å². The number of aryl methyl sites for hydroxylation is 2. The second-order valence-electron chi connectivity index (χ2n) is 4.31. The van der Waals surface area contributed by atoms with Gasteiger partial charge in [-0.3, -0.25) is 4.57 Å². The minimum absolute atomic E-state index is 0.104. The average Bonchev–Trinajstić information content (AvgIpc) is 2.87. The highest BCUT2D eigenvalue weighted by atomic mass is 16.4. The molecule has 0 fully saturated rings. The molecule has 3 aromatic rings. The average molecular weight is 256 g/mol. The molecular formula is C13H12N4O2. The predicted octanol–water partition coefficient (Wildman–Crippen LogP) is 1.74. The zero-order valence-corrected chi connectivity index (χ0v) is 10.5. The Kier molecular flexibility index (Phi) is 2.38. The Morgan fingerprint density at radius 1 is 1.26 bits per heavy atom. The lowest BCUT2D eigenvalue weighted by Crippen LogP contribution is -2.04. The van der Waals surface area contributed by atoms with Crippen LogP contribution < -0.4 is 0 Å². The molecule has 0 aliphatic carbocycles. The maximum atomic E-state index is 11.2. The van der Waals surface area contributed by atoms with Crippen LogP contribution in [-0.2, 0) is 7.05 Å². The molecule has 1 N–H and O–H groups in total. The van der Waals surface area contributed by atoms with Gasteiger partial charge in [0.15, 0.2) is 11.5 Å². The molecule has 0 bridgehead atoms. The highest BCUT2D eigenvalue weighted by molar-refractivity contribution is 5.88. The van der Waals surface area contributed by atoms with Crippen LogP contribution in [0.5, 0.6) is 0 Å². The van der Waals surface area contributed by atoms with Crippen LogP contribution in [0.25, 0.3) is 17.2 Å². The monoisotopic (exact) mass is 256 g/mol. The van der Waals surface area contributed by atoms with Crippen LogP contribution in [0.4, 0.5) is 0 Å². The second-order valence-corrected chi connectivity index (χ2v) is 4.31. The summed E-state index contributed by atoms with van der Waals surface area (Å²) < 4.78 is 3.16. The van der Waals surface area contributed by atoms with E-state index in [4.69, 9.17) is 0 Å². The molecule has 2 aromatic heterocycles. The SMILES string of the molecule is Cc1nc2n(C)c(-c3ccccc3)nn2c1C(=O)O. The van der Waals surface area contributed by atoms with Crippen molar-refractivity contribution in [3.8, 4) is 11.4 Å². The quantitative estimate of drug-likeness (QED) is 0.758. The lowest BCUT2D eigenvalue weighted by molar-refractivity contribution is 0.0687. The third-order valence-electron chi connectivity index (χ3n) is 3.06. The van der Waals surface area contributed by atoms with Gasteiger partial charge in [0.2, 0.25) is 5.78 Å². The summed E-state index contributed by atoms with van der Waals surface area (Å²) in [5, 5.41) is 13.6. The molecule has 2 heterocycles. The van der Waals surface area contributed by atoms with Crippen LogP contribution in [-0.4, -0.2) is 30.2 Å². The zero-order valence-electron chi connectivity index (χ0n) is 10.5. The summed E-state index contributed by atoms with van der Waals surface area (Å²) in [7, 11) is 1.82. The summed E-state index contributed by atoms with van der Waals surface area (Å²) in [5.41, 5.74) is 1.49. The molecule has 6 nitrogen and oxygen atoms in total. The minimum Gasteiger partial charge on any atom is -0.476 e. The minimum atomic E-state index is -1.03. The highest BCUT2D eigenvalue weighted by Gasteiger charge is 2.21. The van der Waals surface area contributed by atoms with E-state index in [0.717, 1.165) is 5.56 Å². The number of carboxylic acid groups (broad SMARTS) is 1. The van der Waals surface area contributed by atoms with E-state index in [9.17, 15) is 9.90 Å². The Morgan fingerprint density at radius 2 is 1.95 bits per heavy atom. The Balaban J connectivity index is 2.30. The first kappa shape index (κ1) is 11.5. The van der Waals surface area contributed by atoms with Gasteiger partial charge >= 0.3 is 5.97 Å². The number of carbonyl (C=O) groups is 1. The smallest absolute Gasteiger partial charge is 0.356 e. The van der Waals surface area contributed by atoms with E-state index in [1.54, 1.807) is 11.5 Å². The van der Waals surface area contributed by atoms with Crippen molar-refractivity contribution in [2.45, 2.75) is 6.92 Å². The maximum Gasteiger partial charge on any atom is 0.356 e. The molecule has 0 atom stereocenters. The number of aromatic carboxylic acids is 1. The molecule has 0 spiro atoms. The van der Waals surface area contributed by atoms with Gasteiger partial charge in [-0.1, -0.05) is 30.3 Å². The second kappa shape index (κ2) is 3.94. The topological polar surface area (TPSA) is 72.4 Å². The van der Waals surface area contributed by atoms with E-state index in [1.807, 2.05) is 37.4 Å². The van der Waals surface area contributed by atoms with E-state index in [0.29, 0.717) is 17.3 Å². The Morgan fingerprint density at radius 3 is 2.58 bits per heavy atom. The Hall–Kier alpha value is -2.63. The molecule has 96 valence electrons. The number of imidazole rings is 1. The van der Waals surface area contributed by atoms with Crippen molar-refractivity contribution in [3.05, 3.63) is 41.7 Å². The van der Waals surface area contributed by atoms with Crippen molar-refractivity contribution in [1.29, 1.82) is 0 Å². The van der Waals surface area contributed by atoms with Crippen LogP contribution in [0.2, 0.25) is 0 Å². The molecule has 6 heteroatoms. The number of aromatic nitrogens is 4. The first-order chi connectivity index (χ1) is 9.09.